The van der Waals surface area contributed by atoms with Gasteiger partial charge in [0.25, 0.3) is 0 Å². The molecule has 0 aromatic carbocycles. The Bertz CT molecular complexity index is 583. The number of carboxylic acid groups (broad SMARTS) is 1. The molecule has 2 aliphatic carbocycles. The van der Waals surface area contributed by atoms with Crippen LogP contribution in [0.5, 0.6) is 0 Å². The van der Waals surface area contributed by atoms with Crippen LogP contribution in [0.1, 0.15) is 6.42 Å². The minimum Gasteiger partial charge on any atom is -0.481 e. The number of carboxylic acids is 1. The first-order valence-electron chi connectivity index (χ1n) is 6.53. The Morgan fingerprint density at radius 3 is 2.50 bits per heavy atom. The van der Waals surface area contributed by atoms with Crippen LogP contribution in [0.2, 0.25) is 0 Å². The van der Waals surface area contributed by atoms with Gasteiger partial charge in [-0.2, -0.15) is 13.2 Å². The summed E-state index contributed by atoms with van der Waals surface area (Å²) in [5.41, 5.74) is -1.68. The fourth-order valence-electron chi connectivity index (χ4n) is 3.79. The van der Waals surface area contributed by atoms with Crippen LogP contribution in [0.15, 0.2) is 12.2 Å². The van der Waals surface area contributed by atoms with Gasteiger partial charge in [-0.05, 0) is 6.42 Å². The van der Waals surface area contributed by atoms with Gasteiger partial charge in [0.05, 0.1) is 11.8 Å². The van der Waals surface area contributed by atoms with E-state index in [4.69, 9.17) is 9.47 Å². The second-order valence-corrected chi connectivity index (χ2v) is 5.70. The predicted octanol–water partition coefficient (Wildman–Crippen LogP) is 0.909. The van der Waals surface area contributed by atoms with Gasteiger partial charge in [0.15, 0.2) is 0 Å². The number of rotatable bonds is 3. The van der Waals surface area contributed by atoms with Crippen LogP contribution >= 0.6 is 0 Å². The molecule has 0 radical (unpaired) electrons. The molecular formula is C13H11F3O6. The van der Waals surface area contributed by atoms with Gasteiger partial charge < -0.3 is 14.6 Å². The van der Waals surface area contributed by atoms with Gasteiger partial charge >= 0.3 is 24.1 Å². The molecule has 6 atom stereocenters. The zero-order valence-corrected chi connectivity index (χ0v) is 11.0. The predicted molar refractivity (Wildman–Crippen MR) is 61.2 cm³/mol. The molecule has 0 aromatic heterocycles. The van der Waals surface area contributed by atoms with Gasteiger partial charge in [0.1, 0.15) is 17.8 Å². The molecule has 1 heterocycles. The monoisotopic (exact) mass is 320 g/mol. The van der Waals surface area contributed by atoms with E-state index in [-0.39, 0.29) is 6.42 Å². The molecule has 1 aliphatic heterocycles. The summed E-state index contributed by atoms with van der Waals surface area (Å²) in [4.78, 5) is 34.5. The third kappa shape index (κ3) is 1.91. The fourth-order valence-corrected chi connectivity index (χ4v) is 3.79. The molecular weight excluding hydrogens is 309 g/mol. The lowest BCUT2D eigenvalue weighted by Crippen LogP contribution is -2.43. The van der Waals surface area contributed by atoms with Crippen molar-refractivity contribution >= 4 is 17.9 Å². The molecule has 120 valence electrons. The van der Waals surface area contributed by atoms with E-state index in [9.17, 15) is 32.7 Å². The number of halogens is 3. The lowest BCUT2D eigenvalue weighted by atomic mass is 9.78. The minimum absolute atomic E-state index is 0.272. The van der Waals surface area contributed by atoms with E-state index in [1.165, 1.54) is 0 Å². The molecule has 1 N–H and O–H groups in total. The van der Waals surface area contributed by atoms with Crippen molar-refractivity contribution in [1.82, 2.24) is 0 Å². The third-order valence-corrected chi connectivity index (χ3v) is 4.66. The van der Waals surface area contributed by atoms with Crippen LogP contribution in [0.3, 0.4) is 0 Å². The summed E-state index contributed by atoms with van der Waals surface area (Å²) in [6, 6.07) is 0. The number of hydrogen-bond acceptors (Lipinski definition) is 5. The largest absolute Gasteiger partial charge is 0.481 e. The Morgan fingerprint density at radius 1 is 1.32 bits per heavy atom. The van der Waals surface area contributed by atoms with Crippen LogP contribution in [0.25, 0.3) is 0 Å². The van der Waals surface area contributed by atoms with E-state index in [1.54, 1.807) is 0 Å². The molecule has 3 aliphatic rings. The van der Waals surface area contributed by atoms with Gasteiger partial charge in [-0.25, -0.2) is 4.79 Å². The first-order chi connectivity index (χ1) is 10.1. The van der Waals surface area contributed by atoms with Crippen molar-refractivity contribution in [3.8, 4) is 0 Å². The number of alkyl halides is 3. The van der Waals surface area contributed by atoms with Crippen molar-refractivity contribution in [1.29, 1.82) is 0 Å². The highest BCUT2D eigenvalue weighted by molar-refractivity contribution is 5.90. The average Bonchev–Trinajstić information content (AvgIpc) is 2.99. The average molecular weight is 320 g/mol. The fraction of sp³-hybridized carbons (Fsp3) is 0.615. The molecule has 6 nitrogen and oxygen atoms in total. The van der Waals surface area contributed by atoms with Crippen LogP contribution in [-0.2, 0) is 23.9 Å². The maximum Gasteiger partial charge on any atom is 0.422 e. The number of esters is 2. The van der Waals surface area contributed by atoms with Crippen molar-refractivity contribution in [3.05, 3.63) is 12.2 Å². The summed E-state index contributed by atoms with van der Waals surface area (Å²) in [5, 5.41) is 9.22. The summed E-state index contributed by atoms with van der Waals surface area (Å²) >= 11 is 0. The molecule has 2 bridgehead atoms. The molecule has 2 saturated carbocycles. The SMILES string of the molecule is C=C(C(=O)OC1C2CC3C1OC(=O)C3C2C(=O)O)C(F)(F)F. The molecule has 3 rings (SSSR count). The molecule has 22 heavy (non-hydrogen) atoms. The topological polar surface area (TPSA) is 89.9 Å². The smallest absolute Gasteiger partial charge is 0.422 e. The maximum atomic E-state index is 12.4. The van der Waals surface area contributed by atoms with Crippen LogP contribution < -0.4 is 0 Å². The lowest BCUT2D eigenvalue weighted by Gasteiger charge is -2.29. The molecule has 1 saturated heterocycles. The molecule has 6 unspecified atom stereocenters. The lowest BCUT2D eigenvalue weighted by molar-refractivity contribution is -0.168. The van der Waals surface area contributed by atoms with Crippen LogP contribution in [0.4, 0.5) is 13.2 Å². The summed E-state index contributed by atoms with van der Waals surface area (Å²) < 4.78 is 47.1. The minimum atomic E-state index is -4.93. The number of hydrogen-bond donors (Lipinski definition) is 1. The van der Waals surface area contributed by atoms with E-state index >= 15 is 0 Å². The Balaban J connectivity index is 1.82. The normalized spacial score (nSPS) is 38.8. The first kappa shape index (κ1) is 14.9. The van der Waals surface area contributed by atoms with Crippen molar-refractivity contribution in [2.45, 2.75) is 24.8 Å². The number of ether oxygens (including phenoxy) is 2. The Hall–Kier alpha value is -2.06. The zero-order valence-electron chi connectivity index (χ0n) is 11.0. The van der Waals surface area contributed by atoms with Crippen molar-refractivity contribution < 1.29 is 42.1 Å². The van der Waals surface area contributed by atoms with Gasteiger partial charge in [0.2, 0.25) is 0 Å². The van der Waals surface area contributed by atoms with E-state index in [0.29, 0.717) is 0 Å². The first-order valence-corrected chi connectivity index (χ1v) is 6.53. The number of fused-ring (bicyclic) bond motifs is 1. The van der Waals surface area contributed by atoms with Crippen molar-refractivity contribution in [3.63, 3.8) is 0 Å². The van der Waals surface area contributed by atoms with E-state index in [0.717, 1.165) is 0 Å². The highest BCUT2D eigenvalue weighted by Crippen LogP contribution is 2.58. The standard InChI is InChI=1S/C13H11F3O6/c1-3(13(14,15)16)11(19)21-8-4-2-5-7(6(4)10(17)18)12(20)22-9(5)8/h4-9H,1-2H2,(H,17,18). The molecule has 3 fully saturated rings. The van der Waals surface area contributed by atoms with Crippen LogP contribution in [-0.4, -0.2) is 41.4 Å². The highest BCUT2D eigenvalue weighted by Gasteiger charge is 2.70. The number of carbonyl (C=O) groups excluding carboxylic acids is 2. The summed E-state index contributed by atoms with van der Waals surface area (Å²) in [6.07, 6.45) is -6.71. The summed E-state index contributed by atoms with van der Waals surface area (Å²) in [6.45, 7) is 2.64. The van der Waals surface area contributed by atoms with Crippen LogP contribution in [0, 0.1) is 23.7 Å². The second-order valence-electron chi connectivity index (χ2n) is 5.70. The molecule has 0 spiro atoms. The van der Waals surface area contributed by atoms with Gasteiger partial charge in [-0.15, -0.1) is 0 Å². The van der Waals surface area contributed by atoms with Gasteiger partial charge in [-0.1, -0.05) is 6.58 Å². The highest BCUT2D eigenvalue weighted by atomic mass is 19.4. The quantitative estimate of drug-likeness (QED) is 0.614. The van der Waals surface area contributed by atoms with Gasteiger partial charge in [-0.3, -0.25) is 9.59 Å². The summed E-state index contributed by atoms with van der Waals surface area (Å²) in [7, 11) is 0. The second kappa shape index (κ2) is 4.47. The van der Waals surface area contributed by atoms with Crippen molar-refractivity contribution in [2.75, 3.05) is 0 Å². The van der Waals surface area contributed by atoms with Crippen molar-refractivity contribution in [2.24, 2.45) is 23.7 Å². The Labute approximate surface area is 121 Å². The van der Waals surface area contributed by atoms with E-state index < -0.39 is 65.5 Å². The van der Waals surface area contributed by atoms with E-state index in [1.807, 2.05) is 0 Å². The number of aliphatic carboxylic acids is 1. The third-order valence-electron chi connectivity index (χ3n) is 4.66. The zero-order chi connectivity index (χ0) is 16.4. The maximum absolute atomic E-state index is 12.4. The molecule has 0 amide bonds. The summed E-state index contributed by atoms with van der Waals surface area (Å²) in [5.74, 6) is -6.69. The molecule has 9 heteroatoms. The Kier molecular flexibility index (Phi) is 3.02. The Morgan fingerprint density at radius 2 is 1.95 bits per heavy atom. The van der Waals surface area contributed by atoms with Gasteiger partial charge in [0, 0.05) is 11.8 Å². The molecule has 0 aromatic rings. The number of carbonyl (C=O) groups is 3. The van der Waals surface area contributed by atoms with E-state index in [2.05, 4.69) is 6.58 Å².